The Morgan fingerprint density at radius 3 is 1.39 bits per heavy atom. The molecule has 0 unspecified atom stereocenters. The van der Waals surface area contributed by atoms with Gasteiger partial charge >= 0.3 is 0 Å². The van der Waals surface area contributed by atoms with Gasteiger partial charge < -0.3 is 130 Å². The van der Waals surface area contributed by atoms with Gasteiger partial charge in [-0.1, -0.05) is 0 Å². The molecule has 0 aromatic heterocycles. The molecule has 4 heterocycles. The molecule has 56 heavy (non-hydrogen) atoms. The van der Waals surface area contributed by atoms with Gasteiger partial charge in [-0.3, -0.25) is 0 Å². The first kappa shape index (κ1) is 47.6. The van der Waals surface area contributed by atoms with E-state index in [4.69, 9.17) is 43.0 Å². The van der Waals surface area contributed by atoms with Crippen molar-refractivity contribution >= 4 is 0 Å². The predicted molar refractivity (Wildman–Crippen MR) is 169 cm³/mol. The first-order valence-electron chi connectivity index (χ1n) is 17.5. The minimum absolute atomic E-state index is 0.771. The molecule has 26 nitrogen and oxygen atoms in total. The second-order valence-electron chi connectivity index (χ2n) is 13.8. The Labute approximate surface area is 317 Å². The van der Waals surface area contributed by atoms with Crippen LogP contribution in [0.15, 0.2) is 0 Å². The normalized spacial score (nSPS) is 47.2. The zero-order valence-corrected chi connectivity index (χ0v) is 29.4. The Kier molecular flexibility index (Phi) is 17.8. The van der Waals surface area contributed by atoms with E-state index in [0.717, 1.165) is 0 Å². The van der Waals surface area contributed by atoms with Gasteiger partial charge in [0.25, 0.3) is 0 Å². The molecule has 4 fully saturated rings. The van der Waals surface area contributed by atoms with Gasteiger partial charge in [0.15, 0.2) is 25.2 Å². The molecule has 0 bridgehead atoms. The molecular formula is C30H54O26. The van der Waals surface area contributed by atoms with Crippen LogP contribution in [-0.4, -0.2) is 279 Å². The number of ether oxygens (including phenoxy) is 8. The maximum absolute atomic E-state index is 11.1. The number of aliphatic hydroxyl groups is 18. The van der Waals surface area contributed by atoms with Crippen LogP contribution < -0.4 is 0 Å². The SMILES string of the molecule is OC[C@H](O)[C@@H](O)[C@@H](O)[C@H](O)CO[C@H]1O[C@H](CO[C@@H]2O[C@H](CO)[C@@H](O[C@@H]3O[C@H](CO)[C@@H](O)[C@H](O[C@H]4O[C@H](CO)[C@@H](O)[C@H](O)[C@H]4O)[C@H]3O)[C@H](O)[C@H]2O)[C@@H](O)[C@H](O)[C@H]1O. The highest BCUT2D eigenvalue weighted by molar-refractivity contribution is 4.97. The van der Waals surface area contributed by atoms with Crippen molar-refractivity contribution in [3.8, 4) is 0 Å². The number of rotatable bonds is 17. The quantitative estimate of drug-likeness (QED) is 0.0647. The van der Waals surface area contributed by atoms with Gasteiger partial charge in [-0.05, 0) is 0 Å². The third-order valence-electron chi connectivity index (χ3n) is 9.92. The molecule has 0 aromatic carbocycles. The maximum Gasteiger partial charge on any atom is 0.187 e. The Bertz CT molecular complexity index is 1160. The minimum Gasteiger partial charge on any atom is -0.394 e. The van der Waals surface area contributed by atoms with E-state index in [1.165, 1.54) is 0 Å². The van der Waals surface area contributed by atoms with Crippen LogP contribution in [-0.2, 0) is 37.9 Å². The van der Waals surface area contributed by atoms with Crippen molar-refractivity contribution in [2.45, 2.75) is 147 Å². The van der Waals surface area contributed by atoms with Crippen molar-refractivity contribution in [1.82, 2.24) is 0 Å². The molecule has 18 N–H and O–H groups in total. The van der Waals surface area contributed by atoms with Crippen LogP contribution in [0, 0.1) is 0 Å². The Morgan fingerprint density at radius 1 is 0.393 bits per heavy atom. The van der Waals surface area contributed by atoms with Crippen LogP contribution in [0.4, 0.5) is 0 Å². The Morgan fingerprint density at radius 2 is 0.821 bits per heavy atom. The highest BCUT2D eigenvalue weighted by Crippen LogP contribution is 2.33. The Hall–Kier alpha value is -1.04. The van der Waals surface area contributed by atoms with Crippen LogP contribution in [0.1, 0.15) is 0 Å². The van der Waals surface area contributed by atoms with E-state index in [1.807, 2.05) is 0 Å². The maximum atomic E-state index is 11.1. The van der Waals surface area contributed by atoms with Gasteiger partial charge in [0.2, 0.25) is 0 Å². The molecule has 26 heteroatoms. The molecule has 4 saturated heterocycles. The van der Waals surface area contributed by atoms with Crippen LogP contribution in [0.5, 0.6) is 0 Å². The van der Waals surface area contributed by atoms with E-state index < -0.39 is 187 Å². The molecule has 0 aliphatic carbocycles. The summed E-state index contributed by atoms with van der Waals surface area (Å²) in [5.41, 5.74) is 0. The number of hydrogen-bond acceptors (Lipinski definition) is 26. The molecule has 0 saturated carbocycles. The molecular weight excluding hydrogens is 776 g/mol. The molecule has 0 radical (unpaired) electrons. The molecule has 4 rings (SSSR count). The summed E-state index contributed by atoms with van der Waals surface area (Å²) in [5, 5.41) is 183. The van der Waals surface area contributed by atoms with E-state index in [9.17, 15) is 86.8 Å². The summed E-state index contributed by atoms with van der Waals surface area (Å²) in [6.07, 6.45) is -44.4. The van der Waals surface area contributed by atoms with Crippen molar-refractivity contribution in [2.75, 3.05) is 39.6 Å². The monoisotopic (exact) mass is 830 g/mol. The van der Waals surface area contributed by atoms with Gasteiger partial charge in [-0.2, -0.15) is 0 Å². The second kappa shape index (κ2) is 21.0. The van der Waals surface area contributed by atoms with E-state index in [-0.39, 0.29) is 0 Å². The standard InChI is InChI=1S/C30H54O26/c31-1-7(35)13(37)14(38)8(36)5-49-27-21(45)19(43)16(40)12(54-27)6-50-28-23(47)20(44)25(11(4-34)53-28)55-30-24(48)26(17(41)10(3-33)52-30)56-29-22(46)18(42)15(39)9(2-32)51-29/h7-48H,1-6H2/t7-,8+,9+,10+,11+,12+,13+,14-,15+,16+,17+,18-,19-,20+,21+,22+,23+,24+,25+,26-,27-,28+,29+,30-/m0/s1. The van der Waals surface area contributed by atoms with Crippen LogP contribution in [0.3, 0.4) is 0 Å². The summed E-state index contributed by atoms with van der Waals surface area (Å²) in [5.74, 6) is 0. The average Bonchev–Trinajstić information content (AvgIpc) is 3.19. The van der Waals surface area contributed by atoms with E-state index in [1.54, 1.807) is 0 Å². The fourth-order valence-electron chi connectivity index (χ4n) is 6.41. The topological polar surface area (TPSA) is 438 Å². The van der Waals surface area contributed by atoms with Crippen molar-refractivity contribution < 1.29 is 130 Å². The molecule has 4 aliphatic rings. The fraction of sp³-hybridized carbons (Fsp3) is 1.00. The Balaban J connectivity index is 1.38. The van der Waals surface area contributed by atoms with Gasteiger partial charge in [-0.15, -0.1) is 0 Å². The van der Waals surface area contributed by atoms with Crippen molar-refractivity contribution in [1.29, 1.82) is 0 Å². The summed E-state index contributed by atoms with van der Waals surface area (Å²) >= 11 is 0. The second-order valence-corrected chi connectivity index (χ2v) is 13.8. The largest absolute Gasteiger partial charge is 0.394 e. The van der Waals surface area contributed by atoms with Crippen molar-refractivity contribution in [3.63, 3.8) is 0 Å². The lowest BCUT2D eigenvalue weighted by molar-refractivity contribution is -0.382. The zero-order valence-electron chi connectivity index (χ0n) is 29.4. The minimum atomic E-state index is -2.05. The highest BCUT2D eigenvalue weighted by Gasteiger charge is 2.54. The van der Waals surface area contributed by atoms with E-state index in [0.29, 0.717) is 0 Å². The predicted octanol–water partition coefficient (Wildman–Crippen LogP) is -12.3. The molecule has 330 valence electrons. The first-order chi connectivity index (χ1) is 26.4. The average molecular weight is 831 g/mol. The molecule has 24 atom stereocenters. The van der Waals surface area contributed by atoms with Crippen LogP contribution >= 0.6 is 0 Å². The number of aliphatic hydroxyl groups excluding tert-OH is 18. The summed E-state index contributed by atoms with van der Waals surface area (Å²) < 4.78 is 43.5. The fourth-order valence-corrected chi connectivity index (χ4v) is 6.41. The molecule has 0 amide bonds. The van der Waals surface area contributed by atoms with Crippen LogP contribution in [0.2, 0.25) is 0 Å². The van der Waals surface area contributed by atoms with Gasteiger partial charge in [0.05, 0.1) is 39.6 Å². The van der Waals surface area contributed by atoms with E-state index >= 15 is 0 Å². The molecule has 4 aliphatic heterocycles. The molecule has 0 spiro atoms. The number of hydrogen-bond donors (Lipinski definition) is 18. The summed E-state index contributed by atoms with van der Waals surface area (Å²) in [7, 11) is 0. The summed E-state index contributed by atoms with van der Waals surface area (Å²) in [6, 6.07) is 0. The van der Waals surface area contributed by atoms with Gasteiger partial charge in [0.1, 0.15) is 122 Å². The lowest BCUT2D eigenvalue weighted by atomic mass is 9.96. The van der Waals surface area contributed by atoms with Crippen molar-refractivity contribution in [3.05, 3.63) is 0 Å². The lowest BCUT2D eigenvalue weighted by Crippen LogP contribution is -2.67. The van der Waals surface area contributed by atoms with Crippen LogP contribution in [0.25, 0.3) is 0 Å². The van der Waals surface area contributed by atoms with Gasteiger partial charge in [0, 0.05) is 0 Å². The smallest absolute Gasteiger partial charge is 0.187 e. The lowest BCUT2D eigenvalue weighted by Gasteiger charge is -2.48. The zero-order chi connectivity index (χ0) is 41.8. The summed E-state index contributed by atoms with van der Waals surface area (Å²) in [4.78, 5) is 0. The summed E-state index contributed by atoms with van der Waals surface area (Å²) in [6.45, 7) is -5.29. The third-order valence-corrected chi connectivity index (χ3v) is 9.92. The van der Waals surface area contributed by atoms with Gasteiger partial charge in [-0.25, -0.2) is 0 Å². The highest BCUT2D eigenvalue weighted by atomic mass is 16.8. The third kappa shape index (κ3) is 10.5. The van der Waals surface area contributed by atoms with Crippen molar-refractivity contribution in [2.24, 2.45) is 0 Å². The molecule has 0 aromatic rings. The first-order valence-corrected chi connectivity index (χ1v) is 17.5. The van der Waals surface area contributed by atoms with E-state index in [2.05, 4.69) is 0 Å².